The van der Waals surface area contributed by atoms with Gasteiger partial charge in [0.15, 0.2) is 6.61 Å². The monoisotopic (exact) mass is 345 g/mol. The second-order valence-electron chi connectivity index (χ2n) is 4.13. The molecule has 1 aromatic heterocycles. The molecule has 126 valence electrons. The number of pyridine rings is 1. The molecule has 0 aromatic carbocycles. The molecule has 0 unspecified atom stereocenters. The SMILES string of the molecule is Cl.NCCCNC(=O)c1ccc(OCC(F)(F)C(F)F)nc1. The fourth-order valence-corrected chi connectivity index (χ4v) is 1.24. The molecule has 0 aliphatic rings. The highest BCUT2D eigenvalue weighted by Crippen LogP contribution is 2.23. The van der Waals surface area contributed by atoms with Crippen molar-refractivity contribution in [3.63, 3.8) is 0 Å². The van der Waals surface area contributed by atoms with E-state index in [0.29, 0.717) is 19.5 Å². The lowest BCUT2D eigenvalue weighted by Crippen LogP contribution is -2.33. The molecule has 0 saturated heterocycles. The molecule has 0 bridgehead atoms. The van der Waals surface area contributed by atoms with Gasteiger partial charge in [-0.05, 0) is 19.0 Å². The number of rotatable bonds is 8. The number of carbonyl (C=O) groups is 1. The second-order valence-corrected chi connectivity index (χ2v) is 4.13. The molecule has 0 atom stereocenters. The van der Waals surface area contributed by atoms with E-state index in [-0.39, 0.29) is 23.9 Å². The van der Waals surface area contributed by atoms with Gasteiger partial charge in [0.1, 0.15) is 0 Å². The van der Waals surface area contributed by atoms with Gasteiger partial charge in [-0.15, -0.1) is 12.4 Å². The van der Waals surface area contributed by atoms with Crippen LogP contribution < -0.4 is 15.8 Å². The van der Waals surface area contributed by atoms with Crippen molar-refractivity contribution in [3.05, 3.63) is 23.9 Å². The lowest BCUT2D eigenvalue weighted by Gasteiger charge is -2.15. The molecule has 0 fully saturated rings. The number of hydrogen-bond acceptors (Lipinski definition) is 4. The van der Waals surface area contributed by atoms with Crippen LogP contribution in [0.15, 0.2) is 18.3 Å². The number of hydrogen-bond donors (Lipinski definition) is 2. The van der Waals surface area contributed by atoms with Crippen molar-refractivity contribution in [3.8, 4) is 5.88 Å². The zero-order valence-electron chi connectivity index (χ0n) is 11.4. The average Bonchev–Trinajstić information content (AvgIpc) is 2.45. The summed E-state index contributed by atoms with van der Waals surface area (Å²) >= 11 is 0. The Labute approximate surface area is 130 Å². The molecule has 1 amide bonds. The first kappa shape index (κ1) is 20.4. The minimum atomic E-state index is -4.25. The Kier molecular flexibility index (Phi) is 8.73. The van der Waals surface area contributed by atoms with Gasteiger partial charge in [-0.2, -0.15) is 8.78 Å². The number of nitrogens with zero attached hydrogens (tertiary/aromatic N) is 1. The molecule has 5 nitrogen and oxygen atoms in total. The van der Waals surface area contributed by atoms with Crippen LogP contribution in [-0.2, 0) is 0 Å². The van der Waals surface area contributed by atoms with Gasteiger partial charge in [0, 0.05) is 18.8 Å². The fourth-order valence-electron chi connectivity index (χ4n) is 1.24. The summed E-state index contributed by atoms with van der Waals surface area (Å²) in [5, 5.41) is 2.57. The van der Waals surface area contributed by atoms with E-state index < -0.39 is 24.9 Å². The average molecular weight is 346 g/mol. The van der Waals surface area contributed by atoms with Crippen LogP contribution >= 0.6 is 12.4 Å². The van der Waals surface area contributed by atoms with Crippen molar-refractivity contribution in [1.29, 1.82) is 0 Å². The number of ether oxygens (including phenoxy) is 1. The number of halogens is 5. The maximum absolute atomic E-state index is 12.6. The van der Waals surface area contributed by atoms with E-state index in [9.17, 15) is 22.4 Å². The molecule has 0 spiro atoms. The second kappa shape index (κ2) is 9.42. The Bertz CT molecular complexity index is 460. The van der Waals surface area contributed by atoms with Crippen LogP contribution in [0.25, 0.3) is 0 Å². The zero-order chi connectivity index (χ0) is 15.9. The van der Waals surface area contributed by atoms with E-state index in [1.807, 2.05) is 0 Å². The van der Waals surface area contributed by atoms with Crippen molar-refractivity contribution in [2.24, 2.45) is 5.73 Å². The maximum Gasteiger partial charge on any atom is 0.340 e. The fraction of sp³-hybridized carbons (Fsp3) is 0.500. The van der Waals surface area contributed by atoms with Crippen LogP contribution in [0.3, 0.4) is 0 Å². The topological polar surface area (TPSA) is 77.2 Å². The molecular weight excluding hydrogens is 330 g/mol. The Balaban J connectivity index is 0.00000441. The molecule has 10 heteroatoms. The Morgan fingerprint density at radius 3 is 2.59 bits per heavy atom. The first-order chi connectivity index (χ1) is 9.86. The van der Waals surface area contributed by atoms with Crippen LogP contribution in [0.5, 0.6) is 5.88 Å². The Morgan fingerprint density at radius 2 is 2.09 bits per heavy atom. The highest BCUT2D eigenvalue weighted by molar-refractivity contribution is 5.93. The van der Waals surface area contributed by atoms with Gasteiger partial charge in [0.25, 0.3) is 5.91 Å². The molecule has 1 heterocycles. The lowest BCUT2D eigenvalue weighted by molar-refractivity contribution is -0.148. The number of amides is 1. The standard InChI is InChI=1S/C12H15F4N3O2.ClH/c13-11(14)12(15,16)7-21-9-3-2-8(6-19-9)10(20)18-5-1-4-17;/h2-3,6,11H,1,4-5,7,17H2,(H,18,20);1H. The van der Waals surface area contributed by atoms with Gasteiger partial charge in [0.05, 0.1) is 5.56 Å². The molecule has 1 aromatic rings. The van der Waals surface area contributed by atoms with Gasteiger partial charge in [0.2, 0.25) is 5.88 Å². The number of carbonyl (C=O) groups excluding carboxylic acids is 1. The number of nitrogens with two attached hydrogens (primary N) is 1. The smallest absolute Gasteiger partial charge is 0.340 e. The molecule has 0 aliphatic carbocycles. The highest BCUT2D eigenvalue weighted by Gasteiger charge is 2.41. The van der Waals surface area contributed by atoms with Gasteiger partial charge in [-0.3, -0.25) is 4.79 Å². The van der Waals surface area contributed by atoms with E-state index in [0.717, 1.165) is 12.3 Å². The molecule has 0 radical (unpaired) electrons. The first-order valence-corrected chi connectivity index (χ1v) is 6.10. The predicted molar refractivity (Wildman–Crippen MR) is 73.9 cm³/mol. The zero-order valence-corrected chi connectivity index (χ0v) is 12.2. The van der Waals surface area contributed by atoms with Gasteiger partial charge < -0.3 is 15.8 Å². The van der Waals surface area contributed by atoms with E-state index in [2.05, 4.69) is 15.0 Å². The van der Waals surface area contributed by atoms with Gasteiger partial charge >= 0.3 is 12.3 Å². The van der Waals surface area contributed by atoms with Crippen LogP contribution in [0.2, 0.25) is 0 Å². The summed E-state index contributed by atoms with van der Waals surface area (Å²) < 4.78 is 53.6. The van der Waals surface area contributed by atoms with E-state index in [4.69, 9.17) is 5.73 Å². The van der Waals surface area contributed by atoms with Crippen molar-refractivity contribution in [1.82, 2.24) is 10.3 Å². The van der Waals surface area contributed by atoms with E-state index in [1.54, 1.807) is 0 Å². The van der Waals surface area contributed by atoms with Crippen molar-refractivity contribution >= 4 is 18.3 Å². The summed E-state index contributed by atoms with van der Waals surface area (Å²) in [7, 11) is 0. The quantitative estimate of drug-likeness (QED) is 0.557. The summed E-state index contributed by atoms with van der Waals surface area (Å²) in [4.78, 5) is 15.2. The summed E-state index contributed by atoms with van der Waals surface area (Å²) in [5.41, 5.74) is 5.46. The van der Waals surface area contributed by atoms with Crippen LogP contribution in [0.4, 0.5) is 17.6 Å². The minimum Gasteiger partial charge on any atom is -0.471 e. The molecule has 1 rings (SSSR count). The largest absolute Gasteiger partial charge is 0.471 e. The molecule has 3 N–H and O–H groups in total. The number of nitrogens with one attached hydrogen (secondary N) is 1. The molecular formula is C12H16ClF4N3O2. The Morgan fingerprint density at radius 1 is 1.41 bits per heavy atom. The number of alkyl halides is 4. The number of aromatic nitrogens is 1. The van der Waals surface area contributed by atoms with Gasteiger partial charge in [-0.1, -0.05) is 0 Å². The third kappa shape index (κ3) is 6.44. The van der Waals surface area contributed by atoms with Crippen LogP contribution in [-0.4, -0.2) is 42.9 Å². The van der Waals surface area contributed by atoms with Gasteiger partial charge in [-0.25, -0.2) is 13.8 Å². The van der Waals surface area contributed by atoms with Crippen molar-refractivity contribution < 1.29 is 27.1 Å². The first-order valence-electron chi connectivity index (χ1n) is 6.10. The van der Waals surface area contributed by atoms with Crippen molar-refractivity contribution in [2.45, 2.75) is 18.8 Å². The Hall–Kier alpha value is -1.61. The lowest BCUT2D eigenvalue weighted by atomic mass is 10.2. The summed E-state index contributed by atoms with van der Waals surface area (Å²) in [6, 6.07) is 2.44. The summed E-state index contributed by atoms with van der Waals surface area (Å²) in [5.74, 6) is -4.92. The molecule has 22 heavy (non-hydrogen) atoms. The van der Waals surface area contributed by atoms with E-state index >= 15 is 0 Å². The maximum atomic E-state index is 12.6. The minimum absolute atomic E-state index is 0. The van der Waals surface area contributed by atoms with Crippen molar-refractivity contribution in [2.75, 3.05) is 19.7 Å². The third-order valence-electron chi connectivity index (χ3n) is 2.40. The normalized spacial score (nSPS) is 11.0. The highest BCUT2D eigenvalue weighted by atomic mass is 35.5. The predicted octanol–water partition coefficient (Wildman–Crippen LogP) is 1.86. The molecule has 0 saturated carbocycles. The van der Waals surface area contributed by atoms with Crippen LogP contribution in [0.1, 0.15) is 16.8 Å². The van der Waals surface area contributed by atoms with Crippen LogP contribution in [0, 0.1) is 0 Å². The summed E-state index contributed by atoms with van der Waals surface area (Å²) in [6.45, 7) is -0.655. The summed E-state index contributed by atoms with van der Waals surface area (Å²) in [6.07, 6.45) is -2.10. The molecule has 0 aliphatic heterocycles. The van der Waals surface area contributed by atoms with E-state index in [1.165, 1.54) is 6.07 Å². The third-order valence-corrected chi connectivity index (χ3v) is 2.40.